The molecule has 1 nitrogen and oxygen atoms in total. The molecule has 1 aliphatic rings. The minimum absolute atomic E-state index is 0.0749. The molecule has 0 aliphatic carbocycles. The Bertz CT molecular complexity index is 236. The van der Waals surface area contributed by atoms with Crippen LogP contribution in [0.3, 0.4) is 0 Å². The number of piperidine rings is 1. The molecule has 1 heterocycles. The zero-order valence-corrected chi connectivity index (χ0v) is 10.7. The zero-order chi connectivity index (χ0) is 11.5. The molecule has 0 amide bonds. The SMILES string of the molecule is C#CC(C)(C)N1CCCCC1C(C)CC. The van der Waals surface area contributed by atoms with Gasteiger partial charge in [-0.15, -0.1) is 6.42 Å². The van der Waals surface area contributed by atoms with Gasteiger partial charge in [0.15, 0.2) is 0 Å². The summed E-state index contributed by atoms with van der Waals surface area (Å²) in [5.74, 6) is 3.71. The fraction of sp³-hybridized carbons (Fsp3) is 0.857. The summed E-state index contributed by atoms with van der Waals surface area (Å²) in [6.07, 6.45) is 10.9. The van der Waals surface area contributed by atoms with E-state index in [-0.39, 0.29) is 5.54 Å². The molecule has 0 bridgehead atoms. The Morgan fingerprint density at radius 1 is 1.47 bits per heavy atom. The number of hydrogen-bond acceptors (Lipinski definition) is 1. The highest BCUT2D eigenvalue weighted by Gasteiger charge is 2.34. The highest BCUT2D eigenvalue weighted by atomic mass is 15.2. The van der Waals surface area contributed by atoms with E-state index in [0.717, 1.165) is 5.92 Å². The van der Waals surface area contributed by atoms with Gasteiger partial charge in [-0.2, -0.15) is 0 Å². The molecule has 86 valence electrons. The van der Waals surface area contributed by atoms with E-state index >= 15 is 0 Å². The van der Waals surface area contributed by atoms with Crippen molar-refractivity contribution in [2.45, 2.75) is 65.0 Å². The summed E-state index contributed by atoms with van der Waals surface area (Å²) in [5.41, 5.74) is -0.0749. The number of rotatable bonds is 3. The van der Waals surface area contributed by atoms with Gasteiger partial charge in [0.05, 0.1) is 5.54 Å². The van der Waals surface area contributed by atoms with E-state index in [0.29, 0.717) is 6.04 Å². The standard InChI is InChI=1S/C14H25N/c1-6-12(3)13-10-8-9-11-15(13)14(4,5)7-2/h2,12-13H,6,8-11H2,1,3-5H3. The smallest absolute Gasteiger partial charge is 0.0768 e. The number of nitrogens with zero attached hydrogens (tertiary/aromatic N) is 1. The molecule has 0 N–H and O–H groups in total. The van der Waals surface area contributed by atoms with E-state index in [2.05, 4.69) is 38.5 Å². The van der Waals surface area contributed by atoms with E-state index in [1.165, 1.54) is 32.2 Å². The number of likely N-dealkylation sites (tertiary alicyclic amines) is 1. The zero-order valence-electron chi connectivity index (χ0n) is 10.7. The van der Waals surface area contributed by atoms with Gasteiger partial charge in [0.1, 0.15) is 0 Å². The first kappa shape index (κ1) is 12.6. The second kappa shape index (κ2) is 5.03. The molecule has 0 aromatic rings. The summed E-state index contributed by atoms with van der Waals surface area (Å²) < 4.78 is 0. The van der Waals surface area contributed by atoms with Crippen LogP contribution in [0.2, 0.25) is 0 Å². The molecule has 1 rings (SSSR count). The van der Waals surface area contributed by atoms with E-state index in [4.69, 9.17) is 6.42 Å². The average Bonchev–Trinajstić information content (AvgIpc) is 2.28. The Balaban J connectivity index is 2.79. The minimum atomic E-state index is -0.0749. The first-order chi connectivity index (χ1) is 7.03. The van der Waals surface area contributed by atoms with E-state index in [9.17, 15) is 0 Å². The van der Waals surface area contributed by atoms with Gasteiger partial charge in [0.25, 0.3) is 0 Å². The fourth-order valence-corrected chi connectivity index (χ4v) is 2.60. The Morgan fingerprint density at radius 2 is 2.13 bits per heavy atom. The third-order valence-corrected chi connectivity index (χ3v) is 3.92. The summed E-state index contributed by atoms with van der Waals surface area (Å²) in [5, 5.41) is 0. The normalized spacial score (nSPS) is 25.9. The molecule has 0 spiro atoms. The molecule has 0 radical (unpaired) electrons. The van der Waals surface area contributed by atoms with Crippen molar-refractivity contribution in [2.24, 2.45) is 5.92 Å². The lowest BCUT2D eigenvalue weighted by Crippen LogP contribution is -2.53. The molecular formula is C14H25N. The molecule has 1 aliphatic heterocycles. The van der Waals surface area contributed by atoms with Crippen molar-refractivity contribution >= 4 is 0 Å². The summed E-state index contributed by atoms with van der Waals surface area (Å²) in [6, 6.07) is 0.690. The Kier molecular flexibility index (Phi) is 4.22. The van der Waals surface area contributed by atoms with Gasteiger partial charge in [-0.1, -0.05) is 32.6 Å². The van der Waals surface area contributed by atoms with Gasteiger partial charge >= 0.3 is 0 Å². The summed E-state index contributed by atoms with van der Waals surface area (Å²) in [7, 11) is 0. The first-order valence-corrected chi connectivity index (χ1v) is 6.27. The molecule has 1 fully saturated rings. The maximum atomic E-state index is 5.65. The monoisotopic (exact) mass is 207 g/mol. The van der Waals surface area contributed by atoms with Crippen LogP contribution in [0.15, 0.2) is 0 Å². The molecule has 15 heavy (non-hydrogen) atoms. The lowest BCUT2D eigenvalue weighted by atomic mass is 9.86. The Labute approximate surface area is 95.2 Å². The highest BCUT2D eigenvalue weighted by Crippen LogP contribution is 2.30. The van der Waals surface area contributed by atoms with Gasteiger partial charge in [-0.3, -0.25) is 4.90 Å². The van der Waals surface area contributed by atoms with Crippen LogP contribution in [-0.2, 0) is 0 Å². The minimum Gasteiger partial charge on any atom is -0.284 e. The van der Waals surface area contributed by atoms with Crippen molar-refractivity contribution in [2.75, 3.05) is 6.54 Å². The maximum absolute atomic E-state index is 5.65. The molecule has 1 heteroatoms. The number of terminal acetylenes is 1. The molecular weight excluding hydrogens is 182 g/mol. The second-order valence-electron chi connectivity index (χ2n) is 5.35. The summed E-state index contributed by atoms with van der Waals surface area (Å²) in [6.45, 7) is 10.2. The third-order valence-electron chi connectivity index (χ3n) is 3.92. The van der Waals surface area contributed by atoms with Crippen molar-refractivity contribution < 1.29 is 0 Å². The van der Waals surface area contributed by atoms with Crippen molar-refractivity contribution in [1.82, 2.24) is 4.90 Å². The molecule has 0 saturated carbocycles. The third kappa shape index (κ3) is 2.75. The quantitative estimate of drug-likeness (QED) is 0.642. The van der Waals surface area contributed by atoms with Crippen LogP contribution < -0.4 is 0 Å². The first-order valence-electron chi connectivity index (χ1n) is 6.27. The van der Waals surface area contributed by atoms with Gasteiger partial charge in [0, 0.05) is 6.04 Å². The van der Waals surface area contributed by atoms with Gasteiger partial charge in [-0.05, 0) is 39.2 Å². The molecule has 0 aromatic heterocycles. The lowest BCUT2D eigenvalue weighted by Gasteiger charge is -2.46. The fourth-order valence-electron chi connectivity index (χ4n) is 2.60. The van der Waals surface area contributed by atoms with Crippen LogP contribution in [0.1, 0.15) is 53.4 Å². The van der Waals surface area contributed by atoms with E-state index < -0.39 is 0 Å². The maximum Gasteiger partial charge on any atom is 0.0768 e. The van der Waals surface area contributed by atoms with Crippen molar-refractivity contribution in [1.29, 1.82) is 0 Å². The van der Waals surface area contributed by atoms with Crippen LogP contribution in [0, 0.1) is 18.3 Å². The van der Waals surface area contributed by atoms with Crippen molar-refractivity contribution in [3.05, 3.63) is 0 Å². The van der Waals surface area contributed by atoms with Crippen molar-refractivity contribution in [3.63, 3.8) is 0 Å². The number of hydrogen-bond donors (Lipinski definition) is 0. The topological polar surface area (TPSA) is 3.24 Å². The largest absolute Gasteiger partial charge is 0.284 e. The summed E-state index contributed by atoms with van der Waals surface area (Å²) >= 11 is 0. The molecule has 1 saturated heterocycles. The predicted octanol–water partition coefficient (Wildman–Crippen LogP) is 3.30. The van der Waals surface area contributed by atoms with Crippen LogP contribution in [0.25, 0.3) is 0 Å². The van der Waals surface area contributed by atoms with Crippen LogP contribution >= 0.6 is 0 Å². The average molecular weight is 207 g/mol. The van der Waals surface area contributed by atoms with Crippen LogP contribution in [-0.4, -0.2) is 23.0 Å². The molecule has 0 aromatic carbocycles. The molecule has 2 unspecified atom stereocenters. The Morgan fingerprint density at radius 3 is 2.67 bits per heavy atom. The summed E-state index contributed by atoms with van der Waals surface area (Å²) in [4.78, 5) is 2.55. The predicted molar refractivity (Wildman–Crippen MR) is 66.7 cm³/mol. The van der Waals surface area contributed by atoms with Crippen LogP contribution in [0.5, 0.6) is 0 Å². The lowest BCUT2D eigenvalue weighted by molar-refractivity contribution is 0.0430. The van der Waals surface area contributed by atoms with Gasteiger partial charge < -0.3 is 0 Å². The van der Waals surface area contributed by atoms with Crippen LogP contribution in [0.4, 0.5) is 0 Å². The van der Waals surface area contributed by atoms with E-state index in [1.807, 2.05) is 0 Å². The van der Waals surface area contributed by atoms with Gasteiger partial charge in [0.2, 0.25) is 0 Å². The molecule has 2 atom stereocenters. The van der Waals surface area contributed by atoms with E-state index in [1.54, 1.807) is 0 Å². The highest BCUT2D eigenvalue weighted by molar-refractivity contribution is 5.10. The van der Waals surface area contributed by atoms with Gasteiger partial charge in [-0.25, -0.2) is 0 Å². The van der Waals surface area contributed by atoms with Crippen molar-refractivity contribution in [3.8, 4) is 12.3 Å². The Hall–Kier alpha value is -0.480. The second-order valence-corrected chi connectivity index (χ2v) is 5.35.